The molecule has 88 valence electrons. The van der Waals surface area contributed by atoms with Crippen LogP contribution in [0.1, 0.15) is 19.4 Å². The van der Waals surface area contributed by atoms with Crippen LogP contribution in [0, 0.1) is 0 Å². The zero-order chi connectivity index (χ0) is 12.0. The molecule has 1 aromatic rings. The zero-order valence-corrected chi connectivity index (χ0v) is 9.89. The van der Waals surface area contributed by atoms with E-state index in [1.807, 2.05) is 30.0 Å². The average molecular weight is 221 g/mol. The molecule has 0 heterocycles. The Balaban J connectivity index is 2.49. The minimum Gasteiger partial charge on any atom is -0.480 e. The van der Waals surface area contributed by atoms with E-state index in [2.05, 4.69) is 12.1 Å². The van der Waals surface area contributed by atoms with Crippen molar-refractivity contribution in [3.8, 4) is 0 Å². The second-order valence-corrected chi connectivity index (χ2v) is 3.88. The minimum atomic E-state index is -0.755. The Kier molecular flexibility index (Phi) is 4.99. The fourth-order valence-corrected chi connectivity index (χ4v) is 1.70. The van der Waals surface area contributed by atoms with Gasteiger partial charge in [0, 0.05) is 6.54 Å². The Morgan fingerprint density at radius 1 is 1.38 bits per heavy atom. The van der Waals surface area contributed by atoms with Gasteiger partial charge in [0.25, 0.3) is 0 Å². The molecule has 0 aromatic heterocycles. The molecule has 3 nitrogen and oxygen atoms in total. The van der Waals surface area contributed by atoms with Gasteiger partial charge < -0.3 is 5.11 Å². The lowest BCUT2D eigenvalue weighted by molar-refractivity contribution is -0.142. The van der Waals surface area contributed by atoms with Crippen LogP contribution in [-0.4, -0.2) is 35.1 Å². The van der Waals surface area contributed by atoms with E-state index in [4.69, 9.17) is 5.11 Å². The van der Waals surface area contributed by atoms with E-state index in [-0.39, 0.29) is 0 Å². The summed E-state index contributed by atoms with van der Waals surface area (Å²) in [5.41, 5.74) is 1.25. The van der Waals surface area contributed by atoms with E-state index in [9.17, 15) is 4.79 Å². The maximum Gasteiger partial charge on any atom is 0.320 e. The standard InChI is InChI=1S/C13H19NO2/c1-3-14(11(2)13(15)16)10-9-12-7-5-4-6-8-12/h4-8,11H,3,9-10H2,1-2H3,(H,15,16). The molecular weight excluding hydrogens is 202 g/mol. The Hall–Kier alpha value is -1.35. The fraction of sp³-hybridized carbons (Fsp3) is 0.462. The van der Waals surface area contributed by atoms with Gasteiger partial charge >= 0.3 is 5.97 Å². The van der Waals surface area contributed by atoms with E-state index >= 15 is 0 Å². The number of aliphatic carboxylic acids is 1. The number of carboxylic acids is 1. The maximum atomic E-state index is 10.9. The summed E-state index contributed by atoms with van der Waals surface area (Å²) in [5, 5.41) is 8.94. The number of rotatable bonds is 6. The highest BCUT2D eigenvalue weighted by molar-refractivity contribution is 5.72. The lowest BCUT2D eigenvalue weighted by atomic mass is 10.1. The van der Waals surface area contributed by atoms with Gasteiger partial charge in [-0.2, -0.15) is 0 Å². The predicted octanol–water partition coefficient (Wildman–Crippen LogP) is 2.02. The van der Waals surface area contributed by atoms with E-state index < -0.39 is 12.0 Å². The topological polar surface area (TPSA) is 40.5 Å². The number of hydrogen-bond acceptors (Lipinski definition) is 2. The van der Waals surface area contributed by atoms with Crippen molar-refractivity contribution in [2.45, 2.75) is 26.3 Å². The molecule has 1 N–H and O–H groups in total. The Morgan fingerprint density at radius 3 is 2.50 bits per heavy atom. The molecule has 0 aliphatic carbocycles. The molecular formula is C13H19NO2. The molecule has 0 saturated heterocycles. The normalized spacial score (nSPS) is 12.7. The van der Waals surface area contributed by atoms with Crippen LogP contribution in [0.3, 0.4) is 0 Å². The fourth-order valence-electron chi connectivity index (χ4n) is 1.70. The number of hydrogen-bond donors (Lipinski definition) is 1. The first-order valence-electron chi connectivity index (χ1n) is 5.66. The number of carboxylic acid groups (broad SMARTS) is 1. The Labute approximate surface area is 96.7 Å². The van der Waals surface area contributed by atoms with Gasteiger partial charge in [0.05, 0.1) is 0 Å². The lowest BCUT2D eigenvalue weighted by Gasteiger charge is -2.24. The van der Waals surface area contributed by atoms with Crippen LogP contribution in [0.25, 0.3) is 0 Å². The van der Waals surface area contributed by atoms with Gasteiger partial charge in [0.2, 0.25) is 0 Å². The van der Waals surface area contributed by atoms with E-state index in [0.717, 1.165) is 19.5 Å². The smallest absolute Gasteiger partial charge is 0.320 e. The van der Waals surface area contributed by atoms with Crippen molar-refractivity contribution in [3.05, 3.63) is 35.9 Å². The molecule has 0 aliphatic rings. The molecule has 1 rings (SSSR count). The average Bonchev–Trinajstić information content (AvgIpc) is 2.30. The van der Waals surface area contributed by atoms with E-state index in [0.29, 0.717) is 0 Å². The third-order valence-corrected chi connectivity index (χ3v) is 2.84. The summed E-state index contributed by atoms with van der Waals surface area (Å²) in [6.07, 6.45) is 0.895. The minimum absolute atomic E-state index is 0.409. The van der Waals surface area contributed by atoms with Gasteiger partial charge in [-0.3, -0.25) is 9.69 Å². The molecule has 0 bridgehead atoms. The first kappa shape index (κ1) is 12.7. The molecule has 0 aliphatic heterocycles. The van der Waals surface area contributed by atoms with Gasteiger partial charge in [0.1, 0.15) is 6.04 Å². The molecule has 1 unspecified atom stereocenters. The van der Waals surface area contributed by atoms with E-state index in [1.165, 1.54) is 5.56 Å². The van der Waals surface area contributed by atoms with Gasteiger partial charge in [0.15, 0.2) is 0 Å². The highest BCUT2D eigenvalue weighted by Crippen LogP contribution is 2.04. The first-order chi connectivity index (χ1) is 7.65. The van der Waals surface area contributed by atoms with Crippen molar-refractivity contribution in [1.82, 2.24) is 4.90 Å². The van der Waals surface area contributed by atoms with Crippen LogP contribution in [-0.2, 0) is 11.2 Å². The van der Waals surface area contributed by atoms with E-state index in [1.54, 1.807) is 6.92 Å². The monoisotopic (exact) mass is 221 g/mol. The van der Waals surface area contributed by atoms with Crippen LogP contribution < -0.4 is 0 Å². The highest BCUT2D eigenvalue weighted by Gasteiger charge is 2.18. The number of likely N-dealkylation sites (N-methyl/N-ethyl adjacent to an activating group) is 1. The molecule has 1 aromatic carbocycles. The number of benzene rings is 1. The lowest BCUT2D eigenvalue weighted by Crippen LogP contribution is -2.40. The van der Waals surface area contributed by atoms with Gasteiger partial charge in [-0.1, -0.05) is 37.3 Å². The van der Waals surface area contributed by atoms with Crippen LogP contribution in [0.5, 0.6) is 0 Å². The zero-order valence-electron chi connectivity index (χ0n) is 9.89. The molecule has 0 radical (unpaired) electrons. The molecule has 0 fully saturated rings. The molecule has 0 amide bonds. The van der Waals surface area contributed by atoms with Crippen LogP contribution >= 0.6 is 0 Å². The summed E-state index contributed by atoms with van der Waals surface area (Å²) in [4.78, 5) is 12.8. The molecule has 3 heteroatoms. The summed E-state index contributed by atoms with van der Waals surface area (Å²) in [6.45, 7) is 5.27. The summed E-state index contributed by atoms with van der Waals surface area (Å²) in [6, 6.07) is 9.73. The first-order valence-corrected chi connectivity index (χ1v) is 5.66. The summed E-state index contributed by atoms with van der Waals surface area (Å²) in [7, 11) is 0. The second-order valence-electron chi connectivity index (χ2n) is 3.88. The summed E-state index contributed by atoms with van der Waals surface area (Å²) >= 11 is 0. The summed E-state index contributed by atoms with van der Waals surface area (Å²) < 4.78 is 0. The summed E-state index contributed by atoms with van der Waals surface area (Å²) in [5.74, 6) is -0.755. The maximum absolute atomic E-state index is 10.9. The van der Waals surface area contributed by atoms with Gasteiger partial charge in [-0.15, -0.1) is 0 Å². The Bertz CT molecular complexity index is 324. The van der Waals surface area contributed by atoms with Gasteiger partial charge in [-0.25, -0.2) is 0 Å². The van der Waals surface area contributed by atoms with Crippen molar-refractivity contribution in [2.24, 2.45) is 0 Å². The number of carbonyl (C=O) groups is 1. The van der Waals surface area contributed by atoms with Crippen LogP contribution in [0.2, 0.25) is 0 Å². The molecule has 1 atom stereocenters. The van der Waals surface area contributed by atoms with Crippen LogP contribution in [0.4, 0.5) is 0 Å². The van der Waals surface area contributed by atoms with Crippen molar-refractivity contribution >= 4 is 5.97 Å². The van der Waals surface area contributed by atoms with Crippen molar-refractivity contribution in [2.75, 3.05) is 13.1 Å². The molecule has 16 heavy (non-hydrogen) atoms. The third kappa shape index (κ3) is 3.66. The van der Waals surface area contributed by atoms with Crippen molar-refractivity contribution in [3.63, 3.8) is 0 Å². The van der Waals surface area contributed by atoms with Gasteiger partial charge in [-0.05, 0) is 25.5 Å². The second kappa shape index (κ2) is 6.28. The van der Waals surface area contributed by atoms with Crippen LogP contribution in [0.15, 0.2) is 30.3 Å². The molecule has 0 saturated carbocycles. The van der Waals surface area contributed by atoms with Crippen molar-refractivity contribution < 1.29 is 9.90 Å². The molecule has 0 spiro atoms. The third-order valence-electron chi connectivity index (χ3n) is 2.84. The Morgan fingerprint density at radius 2 is 2.00 bits per heavy atom. The largest absolute Gasteiger partial charge is 0.480 e. The predicted molar refractivity (Wildman–Crippen MR) is 64.5 cm³/mol. The number of nitrogens with zero attached hydrogens (tertiary/aromatic N) is 1. The van der Waals surface area contributed by atoms with Crippen molar-refractivity contribution in [1.29, 1.82) is 0 Å². The SMILES string of the molecule is CCN(CCc1ccccc1)C(C)C(=O)O. The highest BCUT2D eigenvalue weighted by atomic mass is 16.4. The quantitative estimate of drug-likeness (QED) is 0.799.